The Morgan fingerprint density at radius 3 is 2.17 bits per heavy atom. The maximum absolute atomic E-state index is 9.96. The fourth-order valence-electron chi connectivity index (χ4n) is 2.14. The number of rotatable bonds is 4. The SMILES string of the molecule is C[C@H](O)[C@H](Cc1ccc(Cl)cc1)c1ccccc1. The van der Waals surface area contributed by atoms with Crippen molar-refractivity contribution in [1.29, 1.82) is 0 Å². The van der Waals surface area contributed by atoms with Gasteiger partial charge in [-0.25, -0.2) is 0 Å². The zero-order valence-electron chi connectivity index (χ0n) is 10.4. The zero-order valence-corrected chi connectivity index (χ0v) is 11.1. The Morgan fingerprint density at radius 2 is 1.61 bits per heavy atom. The fourth-order valence-corrected chi connectivity index (χ4v) is 2.27. The summed E-state index contributed by atoms with van der Waals surface area (Å²) in [4.78, 5) is 0. The smallest absolute Gasteiger partial charge is 0.0583 e. The third kappa shape index (κ3) is 3.34. The lowest BCUT2D eigenvalue weighted by Gasteiger charge is -2.20. The van der Waals surface area contributed by atoms with Crippen molar-refractivity contribution < 1.29 is 5.11 Å². The van der Waals surface area contributed by atoms with Gasteiger partial charge in [0.2, 0.25) is 0 Å². The molecule has 0 aliphatic rings. The molecule has 0 radical (unpaired) electrons. The summed E-state index contributed by atoms with van der Waals surface area (Å²) in [5.41, 5.74) is 2.36. The number of halogens is 1. The molecule has 1 nitrogen and oxygen atoms in total. The first-order valence-electron chi connectivity index (χ1n) is 6.14. The molecule has 2 heteroatoms. The first-order chi connectivity index (χ1) is 8.66. The summed E-state index contributed by atoms with van der Waals surface area (Å²) in [5.74, 6) is 0.118. The summed E-state index contributed by atoms with van der Waals surface area (Å²) in [7, 11) is 0. The summed E-state index contributed by atoms with van der Waals surface area (Å²) in [5, 5.41) is 10.7. The molecule has 0 fully saturated rings. The molecule has 0 bridgehead atoms. The van der Waals surface area contributed by atoms with Crippen molar-refractivity contribution >= 4 is 11.6 Å². The monoisotopic (exact) mass is 260 g/mol. The van der Waals surface area contributed by atoms with Crippen molar-refractivity contribution in [3.63, 3.8) is 0 Å². The van der Waals surface area contributed by atoms with E-state index in [1.807, 2.05) is 49.4 Å². The van der Waals surface area contributed by atoms with Gasteiger partial charge in [0.15, 0.2) is 0 Å². The van der Waals surface area contributed by atoms with Crippen molar-refractivity contribution in [2.45, 2.75) is 25.4 Å². The molecule has 1 N–H and O–H groups in total. The molecule has 0 aromatic heterocycles. The lowest BCUT2D eigenvalue weighted by molar-refractivity contribution is 0.161. The van der Waals surface area contributed by atoms with E-state index in [0.29, 0.717) is 0 Å². The lowest BCUT2D eigenvalue weighted by atomic mass is 9.88. The summed E-state index contributed by atoms with van der Waals surface area (Å²) in [6, 6.07) is 17.9. The van der Waals surface area contributed by atoms with E-state index >= 15 is 0 Å². The van der Waals surface area contributed by atoms with Crippen LogP contribution in [0.15, 0.2) is 54.6 Å². The van der Waals surface area contributed by atoms with Crippen LogP contribution in [-0.2, 0) is 6.42 Å². The van der Waals surface area contributed by atoms with Crippen LogP contribution in [0.2, 0.25) is 5.02 Å². The Bertz CT molecular complexity index is 476. The van der Waals surface area contributed by atoms with Gasteiger partial charge in [0.05, 0.1) is 6.10 Å². The van der Waals surface area contributed by atoms with Crippen molar-refractivity contribution in [2.75, 3.05) is 0 Å². The second-order valence-corrected chi connectivity index (χ2v) is 5.02. The summed E-state index contributed by atoms with van der Waals surface area (Å²) < 4.78 is 0. The predicted molar refractivity (Wildman–Crippen MR) is 76.0 cm³/mol. The Hall–Kier alpha value is -1.31. The minimum Gasteiger partial charge on any atom is -0.393 e. The molecule has 2 atom stereocenters. The highest BCUT2D eigenvalue weighted by atomic mass is 35.5. The third-order valence-corrected chi connectivity index (χ3v) is 3.43. The molecule has 2 aromatic carbocycles. The molecule has 2 rings (SSSR count). The standard InChI is InChI=1S/C16H17ClO/c1-12(18)16(14-5-3-2-4-6-14)11-13-7-9-15(17)10-8-13/h2-10,12,16,18H,11H2,1H3/t12-,16-/m0/s1. The van der Waals surface area contributed by atoms with Crippen LogP contribution in [-0.4, -0.2) is 11.2 Å². The van der Waals surface area contributed by atoms with Gasteiger partial charge in [-0.15, -0.1) is 0 Å². The van der Waals surface area contributed by atoms with Crippen molar-refractivity contribution in [2.24, 2.45) is 0 Å². The molecule has 0 aliphatic carbocycles. The van der Waals surface area contributed by atoms with Gasteiger partial charge in [-0.05, 0) is 36.6 Å². The topological polar surface area (TPSA) is 20.2 Å². The average Bonchev–Trinajstić information content (AvgIpc) is 2.38. The average molecular weight is 261 g/mol. The molecule has 94 valence electrons. The largest absolute Gasteiger partial charge is 0.393 e. The highest BCUT2D eigenvalue weighted by Crippen LogP contribution is 2.25. The Kier molecular flexibility index (Phi) is 4.40. The molecule has 0 aliphatic heterocycles. The molecule has 0 saturated heterocycles. The Labute approximate surface area is 113 Å². The second-order valence-electron chi connectivity index (χ2n) is 4.59. The molecule has 0 amide bonds. The van der Waals surface area contributed by atoms with Crippen LogP contribution >= 0.6 is 11.6 Å². The maximum atomic E-state index is 9.96. The summed E-state index contributed by atoms with van der Waals surface area (Å²) in [6.07, 6.45) is 0.446. The molecular formula is C16H17ClO. The van der Waals surface area contributed by atoms with Gasteiger partial charge in [0.1, 0.15) is 0 Å². The third-order valence-electron chi connectivity index (χ3n) is 3.18. The van der Waals surface area contributed by atoms with E-state index in [2.05, 4.69) is 12.1 Å². The van der Waals surface area contributed by atoms with Crippen LogP contribution in [0.1, 0.15) is 24.0 Å². The van der Waals surface area contributed by atoms with E-state index in [1.165, 1.54) is 11.1 Å². The van der Waals surface area contributed by atoms with Crippen molar-refractivity contribution in [1.82, 2.24) is 0 Å². The maximum Gasteiger partial charge on any atom is 0.0583 e. The van der Waals surface area contributed by atoms with Gasteiger partial charge in [-0.1, -0.05) is 54.1 Å². The molecule has 0 spiro atoms. The Balaban J connectivity index is 2.19. The number of hydrogen-bond donors (Lipinski definition) is 1. The van der Waals surface area contributed by atoms with Gasteiger partial charge in [-0.2, -0.15) is 0 Å². The normalized spacial score (nSPS) is 14.2. The number of aliphatic hydroxyl groups is 1. The van der Waals surface area contributed by atoms with Crippen LogP contribution in [0, 0.1) is 0 Å². The van der Waals surface area contributed by atoms with Gasteiger partial charge >= 0.3 is 0 Å². The second kappa shape index (κ2) is 6.03. The molecule has 0 heterocycles. The minimum absolute atomic E-state index is 0.118. The molecular weight excluding hydrogens is 244 g/mol. The quantitative estimate of drug-likeness (QED) is 0.879. The highest BCUT2D eigenvalue weighted by Gasteiger charge is 2.17. The summed E-state index contributed by atoms with van der Waals surface area (Å²) >= 11 is 5.88. The van der Waals surface area contributed by atoms with Gasteiger partial charge < -0.3 is 5.11 Å². The molecule has 18 heavy (non-hydrogen) atoms. The van der Waals surface area contributed by atoms with Crippen molar-refractivity contribution in [3.05, 3.63) is 70.7 Å². The van der Waals surface area contributed by atoms with Crippen LogP contribution in [0.4, 0.5) is 0 Å². The van der Waals surface area contributed by atoms with Crippen LogP contribution < -0.4 is 0 Å². The number of aliphatic hydroxyl groups excluding tert-OH is 1. The van der Waals surface area contributed by atoms with E-state index in [1.54, 1.807) is 0 Å². The van der Waals surface area contributed by atoms with Crippen LogP contribution in [0.5, 0.6) is 0 Å². The first kappa shape index (κ1) is 13.1. The Morgan fingerprint density at radius 1 is 1.00 bits per heavy atom. The van der Waals surface area contributed by atoms with Gasteiger partial charge in [0, 0.05) is 10.9 Å². The molecule has 0 saturated carbocycles. The van der Waals surface area contributed by atoms with E-state index in [-0.39, 0.29) is 12.0 Å². The molecule has 0 unspecified atom stereocenters. The number of benzene rings is 2. The van der Waals surface area contributed by atoms with Crippen LogP contribution in [0.25, 0.3) is 0 Å². The van der Waals surface area contributed by atoms with Crippen molar-refractivity contribution in [3.8, 4) is 0 Å². The molecule has 2 aromatic rings. The van der Waals surface area contributed by atoms with E-state index in [9.17, 15) is 5.11 Å². The minimum atomic E-state index is -0.372. The van der Waals surface area contributed by atoms with Crippen LogP contribution in [0.3, 0.4) is 0 Å². The lowest BCUT2D eigenvalue weighted by Crippen LogP contribution is -2.17. The fraction of sp³-hybridized carbons (Fsp3) is 0.250. The van der Waals surface area contributed by atoms with Gasteiger partial charge in [0.25, 0.3) is 0 Å². The number of hydrogen-bond acceptors (Lipinski definition) is 1. The van der Waals surface area contributed by atoms with E-state index in [0.717, 1.165) is 11.4 Å². The zero-order chi connectivity index (χ0) is 13.0. The summed E-state index contributed by atoms with van der Waals surface area (Å²) in [6.45, 7) is 1.84. The predicted octanol–water partition coefficient (Wildman–Crippen LogP) is 4.05. The first-order valence-corrected chi connectivity index (χ1v) is 6.52. The van der Waals surface area contributed by atoms with E-state index in [4.69, 9.17) is 11.6 Å². The highest BCUT2D eigenvalue weighted by molar-refractivity contribution is 6.30. The van der Waals surface area contributed by atoms with E-state index < -0.39 is 0 Å². The van der Waals surface area contributed by atoms with Gasteiger partial charge in [-0.3, -0.25) is 0 Å².